The lowest BCUT2D eigenvalue weighted by Crippen LogP contribution is -2.48. The van der Waals surface area contributed by atoms with Crippen LogP contribution >= 0.6 is 22.9 Å². The van der Waals surface area contributed by atoms with Crippen LogP contribution in [-0.2, 0) is 6.54 Å². The van der Waals surface area contributed by atoms with Gasteiger partial charge in [0.15, 0.2) is 5.65 Å². The second kappa shape index (κ2) is 11.7. The first kappa shape index (κ1) is 26.4. The molecule has 1 aliphatic rings. The number of hydrogen-bond acceptors (Lipinski definition) is 6. The smallest absolute Gasteiger partial charge is 0.270 e. The minimum atomic E-state index is -0.364. The Morgan fingerprint density at radius 3 is 2.55 bits per heavy atom. The SMILES string of the molecule is CC[C@@H](CO)NC(=O)c1c(-c2ccsc2)nc2c(C(=O)N3CCN(Cc4ccc(Cl)cc4)CC3)cccn12. The van der Waals surface area contributed by atoms with Crippen molar-refractivity contribution in [3.8, 4) is 11.3 Å². The highest BCUT2D eigenvalue weighted by Gasteiger charge is 2.28. The largest absolute Gasteiger partial charge is 0.394 e. The number of nitrogens with one attached hydrogen (secondary N) is 1. The van der Waals surface area contributed by atoms with Crippen molar-refractivity contribution in [1.82, 2.24) is 24.5 Å². The minimum absolute atomic E-state index is 0.0997. The molecule has 198 valence electrons. The predicted molar refractivity (Wildman–Crippen MR) is 150 cm³/mol. The Bertz CT molecular complexity index is 1410. The molecule has 8 nitrogen and oxygen atoms in total. The molecule has 1 atom stereocenters. The molecule has 2 amide bonds. The van der Waals surface area contributed by atoms with Crippen molar-refractivity contribution >= 4 is 40.4 Å². The summed E-state index contributed by atoms with van der Waals surface area (Å²) in [5.74, 6) is -0.433. The third-order valence-electron chi connectivity index (χ3n) is 6.92. The molecule has 5 rings (SSSR count). The minimum Gasteiger partial charge on any atom is -0.394 e. The lowest BCUT2D eigenvalue weighted by molar-refractivity contribution is 0.0629. The van der Waals surface area contributed by atoms with Crippen LogP contribution in [0, 0.1) is 0 Å². The van der Waals surface area contributed by atoms with E-state index >= 15 is 0 Å². The van der Waals surface area contributed by atoms with Gasteiger partial charge in [0.2, 0.25) is 0 Å². The highest BCUT2D eigenvalue weighted by molar-refractivity contribution is 7.08. The van der Waals surface area contributed by atoms with E-state index in [0.29, 0.717) is 42.1 Å². The van der Waals surface area contributed by atoms with Gasteiger partial charge in [0.1, 0.15) is 11.4 Å². The Balaban J connectivity index is 1.40. The standard InChI is InChI=1S/C28H30ClN5O3S/c1-2-22(17-35)30-27(36)25-24(20-9-15-38-18-20)31-26-23(4-3-10-34(25)26)28(37)33-13-11-32(12-14-33)16-19-5-7-21(29)8-6-19/h3-10,15,18,22,35H,2,11-14,16-17H2,1H3,(H,30,36)/t22-/m0/s1. The Hall–Kier alpha value is -3.24. The van der Waals surface area contributed by atoms with E-state index in [9.17, 15) is 14.7 Å². The molecule has 0 bridgehead atoms. The summed E-state index contributed by atoms with van der Waals surface area (Å²) in [7, 11) is 0. The van der Waals surface area contributed by atoms with Crippen LogP contribution in [-0.4, -0.2) is 74.9 Å². The lowest BCUT2D eigenvalue weighted by atomic mass is 10.1. The normalized spacial score (nSPS) is 15.1. The molecule has 0 aliphatic carbocycles. The second-order valence-electron chi connectivity index (χ2n) is 9.39. The second-order valence-corrected chi connectivity index (χ2v) is 10.6. The van der Waals surface area contributed by atoms with Crippen LogP contribution in [0.2, 0.25) is 5.02 Å². The number of rotatable bonds is 8. The topological polar surface area (TPSA) is 90.2 Å². The van der Waals surface area contributed by atoms with Gasteiger partial charge >= 0.3 is 0 Å². The number of thiophene rings is 1. The molecule has 3 aromatic heterocycles. The highest BCUT2D eigenvalue weighted by Crippen LogP contribution is 2.28. The number of carbonyl (C=O) groups is 2. The van der Waals surface area contributed by atoms with Crippen LogP contribution in [0.15, 0.2) is 59.4 Å². The molecule has 1 aromatic carbocycles. The third-order valence-corrected chi connectivity index (χ3v) is 7.85. The number of piperazine rings is 1. The quantitative estimate of drug-likeness (QED) is 0.343. The number of imidazole rings is 1. The fourth-order valence-corrected chi connectivity index (χ4v) is 5.48. The van der Waals surface area contributed by atoms with E-state index in [1.165, 1.54) is 16.9 Å². The van der Waals surface area contributed by atoms with E-state index in [4.69, 9.17) is 16.6 Å². The number of fused-ring (bicyclic) bond motifs is 1. The van der Waals surface area contributed by atoms with Crippen molar-refractivity contribution in [3.05, 3.63) is 81.3 Å². The predicted octanol–water partition coefficient (Wildman–Crippen LogP) is 4.17. The van der Waals surface area contributed by atoms with Gasteiger partial charge in [-0.1, -0.05) is 30.7 Å². The molecular formula is C28H30ClN5O3S. The van der Waals surface area contributed by atoms with Crippen molar-refractivity contribution in [2.24, 2.45) is 0 Å². The van der Waals surface area contributed by atoms with Gasteiger partial charge in [-0.25, -0.2) is 4.98 Å². The third kappa shape index (κ3) is 5.47. The Kier molecular flexibility index (Phi) is 8.09. The summed E-state index contributed by atoms with van der Waals surface area (Å²) in [4.78, 5) is 36.0. The van der Waals surface area contributed by atoms with Crippen molar-refractivity contribution in [1.29, 1.82) is 0 Å². The van der Waals surface area contributed by atoms with E-state index in [0.717, 1.165) is 30.2 Å². The number of amides is 2. The monoisotopic (exact) mass is 551 g/mol. The van der Waals surface area contributed by atoms with Gasteiger partial charge in [-0.15, -0.1) is 0 Å². The molecule has 10 heteroatoms. The van der Waals surface area contributed by atoms with E-state index in [-0.39, 0.29) is 24.5 Å². The maximum atomic E-state index is 13.7. The molecule has 1 aliphatic heterocycles. The van der Waals surface area contributed by atoms with Crippen molar-refractivity contribution < 1.29 is 14.7 Å². The molecule has 0 spiro atoms. The molecule has 0 saturated carbocycles. The molecule has 38 heavy (non-hydrogen) atoms. The number of aliphatic hydroxyl groups is 1. The first-order valence-corrected chi connectivity index (χ1v) is 14.0. The van der Waals surface area contributed by atoms with Crippen LogP contribution < -0.4 is 5.32 Å². The van der Waals surface area contributed by atoms with Crippen LogP contribution in [0.5, 0.6) is 0 Å². The Labute approximate surface area is 230 Å². The van der Waals surface area contributed by atoms with Gasteiger partial charge in [-0.3, -0.25) is 18.9 Å². The van der Waals surface area contributed by atoms with Crippen LogP contribution in [0.4, 0.5) is 0 Å². The number of carbonyl (C=O) groups excluding carboxylic acids is 2. The molecule has 1 fully saturated rings. The van der Waals surface area contributed by atoms with Crippen molar-refractivity contribution in [3.63, 3.8) is 0 Å². The number of nitrogens with zero attached hydrogens (tertiary/aromatic N) is 4. The van der Waals surface area contributed by atoms with Crippen LogP contribution in [0.3, 0.4) is 0 Å². The number of aromatic nitrogens is 2. The summed E-state index contributed by atoms with van der Waals surface area (Å²) in [6.45, 7) is 5.30. The zero-order valence-electron chi connectivity index (χ0n) is 21.1. The van der Waals surface area contributed by atoms with E-state index < -0.39 is 0 Å². The summed E-state index contributed by atoms with van der Waals surface area (Å²) in [5, 5.41) is 17.1. The zero-order valence-corrected chi connectivity index (χ0v) is 22.7. The lowest BCUT2D eigenvalue weighted by Gasteiger charge is -2.34. The number of hydrogen-bond donors (Lipinski definition) is 2. The maximum absolute atomic E-state index is 13.7. The Morgan fingerprint density at radius 1 is 1.13 bits per heavy atom. The molecule has 4 heterocycles. The summed E-state index contributed by atoms with van der Waals surface area (Å²) >= 11 is 7.52. The zero-order chi connectivity index (χ0) is 26.6. The van der Waals surface area contributed by atoms with E-state index in [2.05, 4.69) is 10.2 Å². The van der Waals surface area contributed by atoms with Crippen LogP contribution in [0.1, 0.15) is 39.8 Å². The maximum Gasteiger partial charge on any atom is 0.270 e. The summed E-state index contributed by atoms with van der Waals surface area (Å²) in [6.07, 6.45) is 2.36. The van der Waals surface area contributed by atoms with Gasteiger partial charge in [0.05, 0.1) is 18.2 Å². The average molecular weight is 552 g/mol. The number of benzene rings is 1. The summed E-state index contributed by atoms with van der Waals surface area (Å²) in [6, 6.07) is 12.9. The number of pyridine rings is 1. The molecule has 0 unspecified atom stereocenters. The first-order valence-electron chi connectivity index (χ1n) is 12.7. The van der Waals surface area contributed by atoms with Gasteiger partial charge in [0.25, 0.3) is 11.8 Å². The average Bonchev–Trinajstić information content (AvgIpc) is 3.61. The van der Waals surface area contributed by atoms with Gasteiger partial charge in [0, 0.05) is 54.9 Å². The van der Waals surface area contributed by atoms with Crippen LogP contribution in [0.25, 0.3) is 16.9 Å². The highest BCUT2D eigenvalue weighted by atomic mass is 35.5. The fourth-order valence-electron chi connectivity index (χ4n) is 4.71. The summed E-state index contributed by atoms with van der Waals surface area (Å²) in [5.41, 5.74) is 3.79. The summed E-state index contributed by atoms with van der Waals surface area (Å²) < 4.78 is 1.69. The fraction of sp³-hybridized carbons (Fsp3) is 0.321. The van der Waals surface area contributed by atoms with Gasteiger partial charge in [-0.2, -0.15) is 11.3 Å². The molecule has 1 saturated heterocycles. The molecule has 2 N–H and O–H groups in total. The van der Waals surface area contributed by atoms with E-state index in [1.54, 1.807) is 22.7 Å². The van der Waals surface area contributed by atoms with E-state index in [1.807, 2.05) is 52.9 Å². The Morgan fingerprint density at radius 2 is 1.89 bits per heavy atom. The first-order chi connectivity index (χ1) is 18.5. The number of halogens is 1. The van der Waals surface area contributed by atoms with Crippen molar-refractivity contribution in [2.45, 2.75) is 25.9 Å². The molecule has 0 radical (unpaired) electrons. The van der Waals surface area contributed by atoms with Crippen molar-refractivity contribution in [2.75, 3.05) is 32.8 Å². The number of aliphatic hydroxyl groups excluding tert-OH is 1. The molecule has 4 aromatic rings. The molecular weight excluding hydrogens is 522 g/mol. The van der Waals surface area contributed by atoms with Gasteiger partial charge < -0.3 is 15.3 Å². The van der Waals surface area contributed by atoms with Gasteiger partial charge in [-0.05, 0) is 47.7 Å².